The zero-order chi connectivity index (χ0) is 38.3. The minimum absolute atomic E-state index is 0.00715. The van der Waals surface area contributed by atoms with Crippen LogP contribution in [0.2, 0.25) is 0 Å². The second-order valence-electron chi connectivity index (χ2n) is 16.3. The predicted molar refractivity (Wildman–Crippen MR) is 186 cm³/mol. The smallest absolute Gasteiger partial charge is 0.410 e. The number of amides is 5. The van der Waals surface area contributed by atoms with Gasteiger partial charge in [0.15, 0.2) is 0 Å². The van der Waals surface area contributed by atoms with Crippen molar-refractivity contribution in [2.75, 3.05) is 6.54 Å². The molecule has 2 saturated heterocycles. The van der Waals surface area contributed by atoms with Crippen molar-refractivity contribution in [3.05, 3.63) is 35.1 Å². The molecule has 17 heteroatoms. The van der Waals surface area contributed by atoms with Crippen molar-refractivity contribution in [2.24, 2.45) is 5.92 Å². The van der Waals surface area contributed by atoms with Crippen LogP contribution < -0.4 is 15.4 Å². The van der Waals surface area contributed by atoms with E-state index in [9.17, 15) is 36.8 Å². The van der Waals surface area contributed by atoms with Gasteiger partial charge in [-0.1, -0.05) is 44.2 Å². The van der Waals surface area contributed by atoms with Crippen molar-refractivity contribution in [3.8, 4) is 0 Å². The number of halogens is 1. The lowest BCUT2D eigenvalue weighted by atomic mass is 10.0. The van der Waals surface area contributed by atoms with E-state index in [2.05, 4.69) is 10.6 Å². The Morgan fingerprint density at radius 3 is 2.40 bits per heavy atom. The van der Waals surface area contributed by atoms with Crippen LogP contribution in [-0.2, 0) is 51.4 Å². The fourth-order valence-electron chi connectivity index (χ4n) is 7.50. The van der Waals surface area contributed by atoms with Crippen LogP contribution in [0.4, 0.5) is 14.0 Å². The van der Waals surface area contributed by atoms with Crippen molar-refractivity contribution in [2.45, 2.75) is 146 Å². The number of hydrogen-bond donors (Lipinski definition) is 3. The van der Waals surface area contributed by atoms with Gasteiger partial charge >= 0.3 is 22.5 Å². The molecule has 2 saturated carbocycles. The number of carbonyl (C=O) groups excluding carboxylic acids is 5. The number of nitrogens with one attached hydrogen (secondary N) is 3. The molecule has 5 atom stereocenters. The van der Waals surface area contributed by atoms with E-state index in [1.807, 2.05) is 4.72 Å². The number of ether oxygens (including phenoxy) is 2. The number of benzene rings is 1. The lowest BCUT2D eigenvalue weighted by molar-refractivity contribution is -0.141. The molecule has 0 bridgehead atoms. The molecule has 53 heavy (non-hydrogen) atoms. The monoisotopic (exact) mass is 763 g/mol. The van der Waals surface area contributed by atoms with E-state index in [1.54, 1.807) is 39.8 Å². The largest absolute Gasteiger partial charge is 0.444 e. The maximum absolute atomic E-state index is 14.4. The second-order valence-corrected chi connectivity index (χ2v) is 17.6. The third-order valence-corrected chi connectivity index (χ3v) is 11.7. The Kier molecular flexibility index (Phi) is 10.7. The Morgan fingerprint density at radius 1 is 1.02 bits per heavy atom. The molecule has 15 nitrogen and oxygen atoms in total. The maximum Gasteiger partial charge on any atom is 0.410 e. The molecule has 1 aromatic rings. The predicted octanol–water partition coefficient (Wildman–Crippen LogP) is 3.69. The zero-order valence-corrected chi connectivity index (χ0v) is 31.5. The average Bonchev–Trinajstić information content (AvgIpc) is 3.80. The summed E-state index contributed by atoms with van der Waals surface area (Å²) in [5.74, 6) is -3.05. The van der Waals surface area contributed by atoms with E-state index < -0.39 is 81.0 Å². The Hall–Kier alpha value is -3.99. The molecular formula is C36H50FN5O10S. The highest BCUT2D eigenvalue weighted by Crippen LogP contribution is 2.48. The fraction of sp³-hybridized carbons (Fsp3) is 0.694. The third-order valence-electron chi connectivity index (χ3n) is 10.7. The number of rotatable bonds is 6. The summed E-state index contributed by atoms with van der Waals surface area (Å²) in [5, 5.41) is 5.47. The van der Waals surface area contributed by atoms with Gasteiger partial charge in [-0.15, -0.1) is 0 Å². The summed E-state index contributed by atoms with van der Waals surface area (Å²) in [7, 11) is -4.48. The number of nitrogens with zero attached hydrogens (tertiary/aromatic N) is 2. The number of carbonyl (C=O) groups is 5. The second kappa shape index (κ2) is 14.7. The summed E-state index contributed by atoms with van der Waals surface area (Å²) < 4.78 is 58.6. The van der Waals surface area contributed by atoms with Crippen molar-refractivity contribution >= 4 is 40.2 Å². The fourth-order valence-corrected chi connectivity index (χ4v) is 8.65. The van der Waals surface area contributed by atoms with Crippen LogP contribution in [0.25, 0.3) is 0 Å². The van der Waals surface area contributed by atoms with E-state index in [4.69, 9.17) is 13.7 Å². The van der Waals surface area contributed by atoms with Gasteiger partial charge in [-0.3, -0.25) is 19.3 Å². The molecule has 3 heterocycles. The minimum Gasteiger partial charge on any atom is -0.444 e. The SMILES string of the molecule is CC(C)(C)OC(=O)N[C@H]1CCCCCCC[C@H]2C[C@@]2(C(=O)NS(=O)(=O)OC2(C)CC2)NC(=O)[C@@H]2C[C@@H](OC(=O)N3Cc4cccc(F)c4C3)CN2C1=O. The van der Waals surface area contributed by atoms with Crippen LogP contribution >= 0.6 is 0 Å². The van der Waals surface area contributed by atoms with Gasteiger partial charge in [0.1, 0.15) is 35.1 Å². The van der Waals surface area contributed by atoms with Gasteiger partial charge < -0.3 is 25.0 Å². The maximum atomic E-state index is 14.4. The van der Waals surface area contributed by atoms with Crippen molar-refractivity contribution in [3.63, 3.8) is 0 Å². The van der Waals surface area contributed by atoms with Crippen molar-refractivity contribution in [1.82, 2.24) is 25.2 Å². The number of alkyl carbamates (subject to hydrolysis) is 1. The Balaban J connectivity index is 1.24. The van der Waals surface area contributed by atoms with E-state index in [1.165, 1.54) is 15.9 Å². The van der Waals surface area contributed by atoms with E-state index in [-0.39, 0.29) is 44.8 Å². The van der Waals surface area contributed by atoms with Crippen LogP contribution in [0.3, 0.4) is 0 Å². The van der Waals surface area contributed by atoms with Gasteiger partial charge in [-0.2, -0.15) is 8.42 Å². The topological polar surface area (TPSA) is 190 Å². The van der Waals surface area contributed by atoms with Crippen LogP contribution in [0.15, 0.2) is 18.2 Å². The summed E-state index contributed by atoms with van der Waals surface area (Å²) in [4.78, 5) is 71.1. The Bertz CT molecular complexity index is 1750. The Labute approximate surface area is 309 Å². The summed E-state index contributed by atoms with van der Waals surface area (Å²) in [6, 6.07) is 2.28. The first-order valence-electron chi connectivity index (χ1n) is 18.5. The molecule has 1 aromatic carbocycles. The summed E-state index contributed by atoms with van der Waals surface area (Å²) >= 11 is 0. The number of fused-ring (bicyclic) bond motifs is 3. The van der Waals surface area contributed by atoms with Gasteiger partial charge in [0.2, 0.25) is 11.8 Å². The molecule has 4 fully saturated rings. The van der Waals surface area contributed by atoms with Gasteiger partial charge in [0.25, 0.3) is 5.91 Å². The highest BCUT2D eigenvalue weighted by atomic mass is 32.2. The molecule has 292 valence electrons. The molecule has 2 aliphatic carbocycles. The highest BCUT2D eigenvalue weighted by molar-refractivity contribution is 7.85. The Morgan fingerprint density at radius 2 is 1.72 bits per heavy atom. The first-order chi connectivity index (χ1) is 24.9. The van der Waals surface area contributed by atoms with Crippen LogP contribution in [-0.4, -0.2) is 89.6 Å². The molecule has 3 N–H and O–H groups in total. The molecule has 5 aliphatic rings. The van der Waals surface area contributed by atoms with Crippen molar-refractivity contribution < 1.29 is 50.4 Å². The molecule has 6 rings (SSSR count). The summed E-state index contributed by atoms with van der Waals surface area (Å²) in [5.41, 5.74) is -2.26. The molecule has 0 unspecified atom stereocenters. The lowest BCUT2D eigenvalue weighted by Gasteiger charge is -2.30. The molecule has 0 spiro atoms. The molecule has 5 amide bonds. The standard InChI is InChI=1S/C36H50FN5O10S/c1-34(2,3)51-32(46)38-27-14-9-7-5-6-8-12-23-18-36(23,31(45)40-53(48,49)52-35(4)15-16-35)39-29(43)28-17-24(20-42(28)30(27)44)50-33(47)41-19-22-11-10-13-26(37)25(22)21-41/h10-11,13,23-24,27-28H,5-9,12,14-21H2,1-4H3,(H,38,46)(H,39,43)(H,40,45)/t23-,24+,27-,28-,36+/m0/s1. The van der Waals surface area contributed by atoms with E-state index in [0.29, 0.717) is 36.8 Å². The zero-order valence-electron chi connectivity index (χ0n) is 30.7. The first kappa shape index (κ1) is 38.7. The van der Waals surface area contributed by atoms with Gasteiger partial charge in [0.05, 0.1) is 18.7 Å². The van der Waals surface area contributed by atoms with E-state index in [0.717, 1.165) is 25.7 Å². The molecular weight excluding hydrogens is 713 g/mol. The normalized spacial score (nSPS) is 28.6. The van der Waals surface area contributed by atoms with Gasteiger partial charge in [-0.25, -0.2) is 22.9 Å². The van der Waals surface area contributed by atoms with Gasteiger partial charge in [-0.05, 0) is 77.3 Å². The molecule has 0 radical (unpaired) electrons. The summed E-state index contributed by atoms with van der Waals surface area (Å²) in [6.45, 7) is 6.62. The average molecular weight is 764 g/mol. The van der Waals surface area contributed by atoms with Crippen LogP contribution in [0.5, 0.6) is 0 Å². The third kappa shape index (κ3) is 9.22. The highest BCUT2D eigenvalue weighted by Gasteiger charge is 2.62. The van der Waals surface area contributed by atoms with Crippen LogP contribution in [0, 0.1) is 11.7 Å². The van der Waals surface area contributed by atoms with Crippen LogP contribution in [0.1, 0.15) is 109 Å². The van der Waals surface area contributed by atoms with E-state index >= 15 is 0 Å². The first-order valence-corrected chi connectivity index (χ1v) is 19.9. The molecule has 3 aliphatic heterocycles. The lowest BCUT2D eigenvalue weighted by Crippen LogP contribution is -2.58. The quantitative estimate of drug-likeness (QED) is 0.386. The minimum atomic E-state index is -4.48. The van der Waals surface area contributed by atoms with Crippen molar-refractivity contribution in [1.29, 1.82) is 0 Å². The number of hydrogen-bond acceptors (Lipinski definition) is 10. The molecule has 0 aromatic heterocycles. The van der Waals surface area contributed by atoms with Gasteiger partial charge in [0, 0.05) is 18.5 Å². The summed E-state index contributed by atoms with van der Waals surface area (Å²) in [6.07, 6.45) is 3.09.